The van der Waals surface area contributed by atoms with Gasteiger partial charge in [-0.15, -0.1) is 0 Å². The second-order valence-corrected chi connectivity index (χ2v) is 7.00. The van der Waals surface area contributed by atoms with E-state index in [4.69, 9.17) is 4.74 Å². The summed E-state index contributed by atoms with van der Waals surface area (Å²) >= 11 is 0. The molecule has 2 aromatic rings. The molecule has 1 saturated heterocycles. The van der Waals surface area contributed by atoms with Crippen molar-refractivity contribution in [1.82, 2.24) is 5.32 Å². The number of carbonyl (C=O) groups excluding carboxylic acids is 2. The fourth-order valence-electron chi connectivity index (χ4n) is 3.70. The Labute approximate surface area is 169 Å². The number of rotatable bonds is 7. The van der Waals surface area contributed by atoms with Crippen LogP contribution in [0.5, 0.6) is 5.75 Å². The number of carbonyl (C=O) groups is 3. The minimum Gasteiger partial charge on any atom is -0.495 e. The van der Waals surface area contributed by atoms with Gasteiger partial charge < -0.3 is 20.1 Å². The Morgan fingerprint density at radius 1 is 1.17 bits per heavy atom. The highest BCUT2D eigenvalue weighted by Crippen LogP contribution is 2.33. The van der Waals surface area contributed by atoms with Gasteiger partial charge in [0, 0.05) is 13.0 Å². The van der Waals surface area contributed by atoms with E-state index in [-0.39, 0.29) is 25.3 Å². The summed E-state index contributed by atoms with van der Waals surface area (Å²) < 4.78 is 5.32. The third-order valence-electron chi connectivity index (χ3n) is 5.37. The average Bonchev–Trinajstić information content (AvgIpc) is 3.13. The molecule has 1 fully saturated rings. The quantitative estimate of drug-likeness (QED) is 0.750. The van der Waals surface area contributed by atoms with Crippen molar-refractivity contribution in [2.24, 2.45) is 5.92 Å². The smallest absolute Gasteiger partial charge is 0.334 e. The van der Waals surface area contributed by atoms with Crippen LogP contribution in [0.15, 0.2) is 54.6 Å². The van der Waals surface area contributed by atoms with Crippen LogP contribution in [0.1, 0.15) is 25.3 Å². The van der Waals surface area contributed by atoms with E-state index in [2.05, 4.69) is 5.32 Å². The monoisotopic (exact) mass is 396 g/mol. The Bertz CT molecular complexity index is 914. The molecule has 29 heavy (non-hydrogen) atoms. The molecular weight excluding hydrogens is 372 g/mol. The molecule has 1 aliphatic rings. The zero-order valence-corrected chi connectivity index (χ0v) is 16.4. The first-order chi connectivity index (χ1) is 13.9. The van der Waals surface area contributed by atoms with Crippen molar-refractivity contribution < 1.29 is 24.2 Å². The second-order valence-electron chi connectivity index (χ2n) is 7.00. The highest BCUT2D eigenvalue weighted by atomic mass is 16.5. The van der Waals surface area contributed by atoms with Gasteiger partial charge in [-0.05, 0) is 24.1 Å². The van der Waals surface area contributed by atoms with Gasteiger partial charge in [-0.2, -0.15) is 0 Å². The SMILES string of the molecule is CCC(NC(=O)C1CC(=O)N(c2ccccc2OC)C1)(C(=O)O)c1ccccc1. The summed E-state index contributed by atoms with van der Waals surface area (Å²) in [6, 6.07) is 15.7. The lowest BCUT2D eigenvalue weighted by Crippen LogP contribution is -2.53. The molecule has 0 saturated carbocycles. The fraction of sp³-hybridized carbons (Fsp3) is 0.318. The Balaban J connectivity index is 1.83. The Kier molecular flexibility index (Phi) is 5.87. The molecule has 0 radical (unpaired) electrons. The third kappa shape index (κ3) is 3.81. The van der Waals surface area contributed by atoms with Crippen LogP contribution < -0.4 is 15.0 Å². The zero-order valence-electron chi connectivity index (χ0n) is 16.4. The molecule has 2 aromatic carbocycles. The van der Waals surface area contributed by atoms with Gasteiger partial charge in [-0.25, -0.2) is 4.79 Å². The largest absolute Gasteiger partial charge is 0.495 e. The summed E-state index contributed by atoms with van der Waals surface area (Å²) in [6.07, 6.45) is 0.188. The molecule has 3 rings (SSSR count). The first kappa shape index (κ1) is 20.4. The lowest BCUT2D eigenvalue weighted by atomic mass is 9.86. The Morgan fingerprint density at radius 2 is 1.83 bits per heavy atom. The van der Waals surface area contributed by atoms with E-state index < -0.39 is 23.3 Å². The zero-order chi connectivity index (χ0) is 21.0. The van der Waals surface area contributed by atoms with Gasteiger partial charge >= 0.3 is 5.97 Å². The molecule has 1 aliphatic heterocycles. The summed E-state index contributed by atoms with van der Waals surface area (Å²) in [5, 5.41) is 12.6. The predicted molar refractivity (Wildman–Crippen MR) is 108 cm³/mol. The van der Waals surface area contributed by atoms with Gasteiger partial charge in [-0.1, -0.05) is 49.4 Å². The fourth-order valence-corrected chi connectivity index (χ4v) is 3.70. The van der Waals surface area contributed by atoms with Crippen LogP contribution >= 0.6 is 0 Å². The summed E-state index contributed by atoms with van der Waals surface area (Å²) in [7, 11) is 1.52. The molecular formula is C22H24N2O5. The summed E-state index contributed by atoms with van der Waals surface area (Å²) in [5.74, 6) is -1.90. The second kappa shape index (κ2) is 8.34. The van der Waals surface area contributed by atoms with Gasteiger partial charge in [0.25, 0.3) is 0 Å². The van der Waals surface area contributed by atoms with E-state index in [0.717, 1.165) is 0 Å². The van der Waals surface area contributed by atoms with Crippen LogP contribution in [0, 0.1) is 5.92 Å². The van der Waals surface area contributed by atoms with Crippen molar-refractivity contribution in [2.75, 3.05) is 18.6 Å². The number of carboxylic acids is 1. The maximum Gasteiger partial charge on any atom is 0.334 e. The maximum absolute atomic E-state index is 13.0. The molecule has 0 aromatic heterocycles. The van der Waals surface area contributed by atoms with Crippen LogP contribution in [0.25, 0.3) is 0 Å². The molecule has 1 heterocycles. The highest BCUT2D eigenvalue weighted by molar-refractivity contribution is 6.02. The number of hydrogen-bond acceptors (Lipinski definition) is 4. The number of methoxy groups -OCH3 is 1. The lowest BCUT2D eigenvalue weighted by molar-refractivity contribution is -0.149. The number of anilines is 1. The van der Waals surface area contributed by atoms with Crippen molar-refractivity contribution >= 4 is 23.5 Å². The summed E-state index contributed by atoms with van der Waals surface area (Å²) in [5.41, 5.74) is -0.452. The van der Waals surface area contributed by atoms with Crippen molar-refractivity contribution in [3.63, 3.8) is 0 Å². The van der Waals surface area contributed by atoms with Crippen LogP contribution in [0.3, 0.4) is 0 Å². The molecule has 152 valence electrons. The molecule has 2 N–H and O–H groups in total. The number of aliphatic carboxylic acids is 1. The number of ether oxygens (including phenoxy) is 1. The topological polar surface area (TPSA) is 95.9 Å². The number of para-hydroxylation sites is 2. The molecule has 2 unspecified atom stereocenters. The van der Waals surface area contributed by atoms with E-state index >= 15 is 0 Å². The van der Waals surface area contributed by atoms with Crippen LogP contribution in [0.4, 0.5) is 5.69 Å². The molecule has 7 heteroatoms. The number of nitrogens with zero attached hydrogens (tertiary/aromatic N) is 1. The first-order valence-corrected chi connectivity index (χ1v) is 9.47. The molecule has 2 atom stereocenters. The highest BCUT2D eigenvalue weighted by Gasteiger charge is 2.44. The van der Waals surface area contributed by atoms with Crippen molar-refractivity contribution in [3.8, 4) is 5.75 Å². The van der Waals surface area contributed by atoms with Gasteiger partial charge in [0.1, 0.15) is 5.75 Å². The number of benzene rings is 2. The predicted octanol–water partition coefficient (Wildman–Crippen LogP) is 2.55. The van der Waals surface area contributed by atoms with E-state index in [1.807, 2.05) is 0 Å². The number of amides is 2. The minimum absolute atomic E-state index is 0.0120. The van der Waals surface area contributed by atoms with Gasteiger partial charge in [0.05, 0.1) is 18.7 Å². The minimum atomic E-state index is -1.54. The van der Waals surface area contributed by atoms with Gasteiger partial charge in [0.15, 0.2) is 5.54 Å². The first-order valence-electron chi connectivity index (χ1n) is 9.47. The third-order valence-corrected chi connectivity index (χ3v) is 5.37. The van der Waals surface area contributed by atoms with Crippen molar-refractivity contribution in [3.05, 3.63) is 60.2 Å². The number of hydrogen-bond donors (Lipinski definition) is 2. The van der Waals surface area contributed by atoms with Crippen molar-refractivity contribution in [1.29, 1.82) is 0 Å². The molecule has 0 aliphatic carbocycles. The van der Waals surface area contributed by atoms with E-state index in [9.17, 15) is 19.5 Å². The van der Waals surface area contributed by atoms with Gasteiger partial charge in [-0.3, -0.25) is 9.59 Å². The van der Waals surface area contributed by atoms with Crippen molar-refractivity contribution in [2.45, 2.75) is 25.3 Å². The van der Waals surface area contributed by atoms with Crippen LogP contribution in [-0.4, -0.2) is 36.5 Å². The molecule has 0 bridgehead atoms. The molecule has 7 nitrogen and oxygen atoms in total. The number of nitrogens with one attached hydrogen (secondary N) is 1. The number of carboxylic acid groups (broad SMARTS) is 1. The Hall–Kier alpha value is -3.35. The summed E-state index contributed by atoms with van der Waals surface area (Å²) in [4.78, 5) is 39.2. The normalized spacial score (nSPS) is 18.2. The molecule has 0 spiro atoms. The van der Waals surface area contributed by atoms with E-state index in [0.29, 0.717) is 17.0 Å². The Morgan fingerprint density at radius 3 is 2.45 bits per heavy atom. The van der Waals surface area contributed by atoms with Crippen LogP contribution in [-0.2, 0) is 19.9 Å². The average molecular weight is 396 g/mol. The molecule has 2 amide bonds. The maximum atomic E-state index is 13.0. The van der Waals surface area contributed by atoms with E-state index in [1.54, 1.807) is 61.5 Å². The van der Waals surface area contributed by atoms with Crippen LogP contribution in [0.2, 0.25) is 0 Å². The summed E-state index contributed by atoms with van der Waals surface area (Å²) in [6.45, 7) is 1.88. The lowest BCUT2D eigenvalue weighted by Gasteiger charge is -2.31. The standard InChI is InChI=1S/C22H24N2O5/c1-3-22(21(27)28,16-9-5-4-6-10-16)23-20(26)15-13-19(25)24(14-15)17-11-7-8-12-18(17)29-2/h4-12,15H,3,13-14H2,1-2H3,(H,23,26)(H,27,28). The van der Waals surface area contributed by atoms with E-state index in [1.165, 1.54) is 12.0 Å². The van der Waals surface area contributed by atoms with Gasteiger partial charge in [0.2, 0.25) is 11.8 Å².